The minimum atomic E-state index is -0.861. The average molecular weight is 459 g/mol. The van der Waals surface area contributed by atoms with Gasteiger partial charge in [0, 0.05) is 25.6 Å². The number of ether oxygens (including phenoxy) is 3. The summed E-state index contributed by atoms with van der Waals surface area (Å²) >= 11 is 0. The maximum atomic E-state index is 12.5. The number of rotatable bonds is 9. The zero-order valence-electron chi connectivity index (χ0n) is 18.4. The molecule has 0 aliphatic carbocycles. The zero-order valence-corrected chi connectivity index (χ0v) is 18.4. The van der Waals surface area contributed by atoms with Crippen molar-refractivity contribution in [2.45, 2.75) is 32.7 Å². The Kier molecular flexibility index (Phi) is 7.31. The molecule has 176 valence electrons. The molecule has 1 aromatic heterocycles. The number of carbonyl (C=O) groups is 3. The predicted molar refractivity (Wildman–Crippen MR) is 117 cm³/mol. The van der Waals surface area contributed by atoms with Crippen LogP contribution in [0.15, 0.2) is 27.8 Å². The van der Waals surface area contributed by atoms with Crippen molar-refractivity contribution in [3.63, 3.8) is 0 Å². The number of esters is 1. The molecular formula is C22H25N3O8. The van der Waals surface area contributed by atoms with Crippen LogP contribution in [0.4, 0.5) is 5.82 Å². The van der Waals surface area contributed by atoms with E-state index >= 15 is 0 Å². The van der Waals surface area contributed by atoms with Gasteiger partial charge < -0.3 is 19.9 Å². The Labute approximate surface area is 188 Å². The van der Waals surface area contributed by atoms with Crippen LogP contribution >= 0.6 is 0 Å². The lowest BCUT2D eigenvalue weighted by molar-refractivity contribution is -0.142. The lowest BCUT2D eigenvalue weighted by Crippen LogP contribution is -2.43. The Morgan fingerprint density at radius 3 is 2.45 bits per heavy atom. The molecule has 11 nitrogen and oxygen atoms in total. The maximum Gasteiger partial charge on any atom is 0.332 e. The van der Waals surface area contributed by atoms with E-state index in [1.165, 1.54) is 7.05 Å². The number of benzene rings is 1. The van der Waals surface area contributed by atoms with Crippen LogP contribution in [0.1, 0.15) is 46.9 Å². The van der Waals surface area contributed by atoms with Crippen molar-refractivity contribution in [3.05, 3.63) is 50.2 Å². The highest BCUT2D eigenvalue weighted by molar-refractivity contribution is 6.01. The van der Waals surface area contributed by atoms with Crippen LogP contribution in [0.25, 0.3) is 0 Å². The van der Waals surface area contributed by atoms with Crippen molar-refractivity contribution in [3.8, 4) is 11.5 Å². The Balaban J connectivity index is 1.60. The van der Waals surface area contributed by atoms with Gasteiger partial charge in [0.05, 0.1) is 6.42 Å². The zero-order chi connectivity index (χ0) is 24.1. The summed E-state index contributed by atoms with van der Waals surface area (Å²) in [6, 6.07) is 4.76. The van der Waals surface area contributed by atoms with Gasteiger partial charge in [0.25, 0.3) is 5.56 Å². The van der Waals surface area contributed by atoms with Crippen LogP contribution in [0.3, 0.4) is 0 Å². The molecule has 0 bridgehead atoms. The molecule has 2 heterocycles. The maximum absolute atomic E-state index is 12.5. The van der Waals surface area contributed by atoms with Gasteiger partial charge in [0.15, 0.2) is 23.9 Å². The van der Waals surface area contributed by atoms with Crippen molar-refractivity contribution in [2.24, 2.45) is 7.05 Å². The van der Waals surface area contributed by atoms with Crippen molar-refractivity contribution in [2.75, 3.05) is 25.6 Å². The lowest BCUT2D eigenvalue weighted by Gasteiger charge is -2.18. The smallest absolute Gasteiger partial charge is 0.332 e. The third kappa shape index (κ3) is 5.13. The number of fused-ring (bicyclic) bond motifs is 1. The highest BCUT2D eigenvalue weighted by Gasteiger charge is 2.23. The van der Waals surface area contributed by atoms with Gasteiger partial charge in [-0.25, -0.2) is 4.79 Å². The quantitative estimate of drug-likeness (QED) is 0.422. The van der Waals surface area contributed by atoms with Gasteiger partial charge in [-0.3, -0.25) is 28.3 Å². The first kappa shape index (κ1) is 23.8. The Hall–Kier alpha value is -3.89. The first-order chi connectivity index (χ1) is 15.7. The molecule has 0 unspecified atom stereocenters. The van der Waals surface area contributed by atoms with Gasteiger partial charge in [-0.05, 0) is 24.6 Å². The molecule has 33 heavy (non-hydrogen) atoms. The number of anilines is 1. The fraction of sp³-hybridized carbons (Fsp3) is 0.409. The Morgan fingerprint density at radius 2 is 1.76 bits per heavy atom. The highest BCUT2D eigenvalue weighted by Crippen LogP contribution is 2.31. The number of hydrogen-bond acceptors (Lipinski definition) is 9. The minimum Gasteiger partial charge on any atom is -0.486 e. The van der Waals surface area contributed by atoms with E-state index in [2.05, 4.69) is 0 Å². The van der Waals surface area contributed by atoms with E-state index in [0.29, 0.717) is 36.7 Å². The van der Waals surface area contributed by atoms with Crippen molar-refractivity contribution in [1.29, 1.82) is 0 Å². The molecule has 0 atom stereocenters. The fourth-order valence-electron chi connectivity index (χ4n) is 3.35. The van der Waals surface area contributed by atoms with Gasteiger partial charge in [0.1, 0.15) is 24.6 Å². The normalized spacial score (nSPS) is 12.3. The monoisotopic (exact) mass is 459 g/mol. The first-order valence-corrected chi connectivity index (χ1v) is 10.5. The van der Waals surface area contributed by atoms with E-state index in [1.807, 2.05) is 6.92 Å². The predicted octanol–water partition coefficient (Wildman–Crippen LogP) is 0.699. The molecule has 0 fully saturated rings. The van der Waals surface area contributed by atoms with Gasteiger partial charge >= 0.3 is 11.7 Å². The van der Waals surface area contributed by atoms with Gasteiger partial charge in [0.2, 0.25) is 5.78 Å². The second-order valence-corrected chi connectivity index (χ2v) is 7.42. The summed E-state index contributed by atoms with van der Waals surface area (Å²) in [6.45, 7) is 2.12. The van der Waals surface area contributed by atoms with Gasteiger partial charge in [-0.15, -0.1) is 0 Å². The first-order valence-electron chi connectivity index (χ1n) is 10.5. The van der Waals surface area contributed by atoms with Gasteiger partial charge in [-0.2, -0.15) is 0 Å². The van der Waals surface area contributed by atoms with E-state index in [0.717, 1.165) is 9.13 Å². The standard InChI is InChI=1S/C22H25N3O8/c1-3-8-25-20(23)19(21(29)24(2)22(25)30)15(27)12-33-18(28)7-5-14(26)13-4-6-16-17(11-13)32-10-9-31-16/h4,6,11H,3,5,7-10,12,23H2,1-2H3. The molecule has 1 aliphatic heterocycles. The van der Waals surface area contributed by atoms with E-state index in [-0.39, 0.29) is 31.0 Å². The van der Waals surface area contributed by atoms with Crippen LogP contribution in [-0.4, -0.2) is 46.5 Å². The number of ketones is 2. The molecule has 0 spiro atoms. The molecule has 2 aromatic rings. The summed E-state index contributed by atoms with van der Waals surface area (Å²) in [5.41, 5.74) is 4.34. The van der Waals surface area contributed by atoms with Gasteiger partial charge in [-0.1, -0.05) is 6.92 Å². The summed E-state index contributed by atoms with van der Waals surface area (Å²) in [5, 5.41) is 0. The summed E-state index contributed by atoms with van der Waals surface area (Å²) in [5.74, 6) is -1.17. The number of Topliss-reactive ketones (excluding diaryl/α,β-unsaturated/α-hetero) is 2. The number of hydrogen-bond donors (Lipinski definition) is 1. The van der Waals surface area contributed by atoms with Crippen LogP contribution in [0.5, 0.6) is 11.5 Å². The van der Waals surface area contributed by atoms with E-state index in [4.69, 9.17) is 19.9 Å². The summed E-state index contributed by atoms with van der Waals surface area (Å²) in [7, 11) is 1.24. The van der Waals surface area contributed by atoms with Crippen molar-refractivity contribution < 1.29 is 28.6 Å². The summed E-state index contributed by atoms with van der Waals surface area (Å²) in [6.07, 6.45) is 0.156. The molecule has 1 aromatic carbocycles. The molecule has 0 radical (unpaired) electrons. The van der Waals surface area contributed by atoms with E-state index in [1.54, 1.807) is 18.2 Å². The second-order valence-electron chi connectivity index (χ2n) is 7.42. The minimum absolute atomic E-state index is 0.141. The molecular weight excluding hydrogens is 434 g/mol. The Bertz CT molecular complexity index is 1210. The molecule has 11 heteroatoms. The third-order valence-electron chi connectivity index (χ3n) is 5.09. The highest BCUT2D eigenvalue weighted by atomic mass is 16.6. The van der Waals surface area contributed by atoms with Crippen LogP contribution in [-0.2, 0) is 23.1 Å². The lowest BCUT2D eigenvalue weighted by atomic mass is 10.1. The van der Waals surface area contributed by atoms with E-state index in [9.17, 15) is 24.0 Å². The van der Waals surface area contributed by atoms with Crippen LogP contribution in [0.2, 0.25) is 0 Å². The topological polar surface area (TPSA) is 149 Å². The summed E-state index contributed by atoms with van der Waals surface area (Å²) in [4.78, 5) is 61.5. The van der Waals surface area contributed by atoms with Crippen LogP contribution in [0, 0.1) is 0 Å². The molecule has 3 rings (SSSR count). The second kappa shape index (κ2) is 10.2. The molecule has 0 amide bonds. The molecule has 2 N–H and O–H groups in total. The average Bonchev–Trinajstić information content (AvgIpc) is 2.82. The Morgan fingerprint density at radius 1 is 1.06 bits per heavy atom. The molecule has 0 saturated heterocycles. The number of carbonyl (C=O) groups excluding carboxylic acids is 3. The number of nitrogen functional groups attached to an aromatic ring is 1. The fourth-order valence-corrected chi connectivity index (χ4v) is 3.35. The molecule has 1 aliphatic rings. The SMILES string of the molecule is CCCn1c(N)c(C(=O)COC(=O)CCC(=O)c2ccc3c(c2)OCCO3)c(=O)n(C)c1=O. The molecule has 0 saturated carbocycles. The van der Waals surface area contributed by atoms with E-state index < -0.39 is 35.2 Å². The van der Waals surface area contributed by atoms with Crippen LogP contribution < -0.4 is 26.5 Å². The number of nitrogens with two attached hydrogens (primary N) is 1. The van der Waals surface area contributed by atoms with Crippen molar-refractivity contribution >= 4 is 23.4 Å². The summed E-state index contributed by atoms with van der Waals surface area (Å²) < 4.78 is 17.7. The van der Waals surface area contributed by atoms with Crippen molar-refractivity contribution in [1.82, 2.24) is 9.13 Å². The number of nitrogens with zero attached hydrogens (tertiary/aromatic N) is 2. The number of aromatic nitrogens is 2. The third-order valence-corrected chi connectivity index (χ3v) is 5.09. The largest absolute Gasteiger partial charge is 0.486 e.